The maximum Gasteiger partial charge on any atom is 0.371 e. The number of hydrogen-bond acceptors (Lipinski definition) is 4. The molecule has 0 spiro atoms. The molecule has 1 aliphatic carbocycles. The summed E-state index contributed by atoms with van der Waals surface area (Å²) in [6.45, 7) is 0. The first-order chi connectivity index (χ1) is 10.4. The quantitative estimate of drug-likeness (QED) is 0.644. The Hall–Kier alpha value is -2.79. The highest BCUT2D eigenvalue weighted by atomic mass is 16.2. The minimum Gasteiger partial charge on any atom is -0.289 e. The van der Waals surface area contributed by atoms with E-state index in [0.717, 1.165) is 0 Å². The Balaban J connectivity index is 2.03. The predicted octanol–water partition coefficient (Wildman–Crippen LogP) is 2.02. The molecule has 0 fully saturated rings. The molecular formula is C17H13N2O3+. The number of carbonyl (C=O) groups excluding carboxylic acids is 3. The van der Waals surface area contributed by atoms with E-state index in [4.69, 9.17) is 0 Å². The first kappa shape index (κ1) is 12.9. The fourth-order valence-corrected chi connectivity index (χ4v) is 3.11. The number of nitrogens with zero attached hydrogens (tertiary/aromatic N) is 1. The normalized spacial score (nSPS) is 17.6. The lowest BCUT2D eigenvalue weighted by atomic mass is 9.82. The zero-order chi connectivity index (χ0) is 15.6. The molecule has 0 saturated heterocycles. The maximum absolute atomic E-state index is 12.8. The van der Waals surface area contributed by atoms with Crippen LogP contribution in [0.5, 0.6) is 0 Å². The van der Waals surface area contributed by atoms with Gasteiger partial charge in [-0.2, -0.15) is 4.59 Å². The molecule has 1 N–H and O–H groups in total. The number of carbonyl (C=O) groups is 3. The molecular weight excluding hydrogens is 280 g/mol. The minimum absolute atomic E-state index is 0.0745. The zero-order valence-electron chi connectivity index (χ0n) is 12.1. The third kappa shape index (κ3) is 1.43. The van der Waals surface area contributed by atoms with E-state index in [0.29, 0.717) is 33.5 Å². The number of fused-ring (bicyclic) bond motifs is 4. The van der Waals surface area contributed by atoms with Crippen molar-refractivity contribution in [3.63, 3.8) is 0 Å². The van der Waals surface area contributed by atoms with Gasteiger partial charge in [0.05, 0.1) is 19.7 Å². The Morgan fingerprint density at radius 2 is 1.36 bits per heavy atom. The second-order valence-electron chi connectivity index (χ2n) is 5.98. The minimum atomic E-state index is -0.218. The molecule has 1 amide bonds. The highest BCUT2D eigenvalue weighted by molar-refractivity contribution is 6.31. The van der Waals surface area contributed by atoms with Crippen molar-refractivity contribution >= 4 is 23.2 Å². The van der Waals surface area contributed by atoms with E-state index >= 15 is 0 Å². The molecule has 4 rings (SSSR count). The monoisotopic (exact) mass is 293 g/mol. The first-order valence-electron chi connectivity index (χ1n) is 6.94. The second kappa shape index (κ2) is 3.90. The molecule has 2 aliphatic rings. The van der Waals surface area contributed by atoms with Crippen molar-refractivity contribution < 1.29 is 19.0 Å². The molecule has 0 bridgehead atoms. The fourth-order valence-electron chi connectivity index (χ4n) is 3.11. The first-order valence-corrected chi connectivity index (χ1v) is 6.94. The molecule has 1 heterocycles. The Bertz CT molecular complexity index is 897. The smallest absolute Gasteiger partial charge is 0.289 e. The Kier molecular flexibility index (Phi) is 2.29. The fraction of sp³-hybridized carbons (Fsp3) is 0.118. The zero-order valence-corrected chi connectivity index (χ0v) is 12.1. The molecule has 0 unspecified atom stereocenters. The van der Waals surface area contributed by atoms with Crippen LogP contribution in [0.15, 0.2) is 36.4 Å². The van der Waals surface area contributed by atoms with Gasteiger partial charge in [0, 0.05) is 16.7 Å². The van der Waals surface area contributed by atoms with E-state index in [1.54, 1.807) is 50.5 Å². The van der Waals surface area contributed by atoms with Crippen molar-refractivity contribution in [3.8, 4) is 0 Å². The number of rotatable bonds is 0. The molecule has 22 heavy (non-hydrogen) atoms. The van der Waals surface area contributed by atoms with Crippen LogP contribution in [0, 0.1) is 0 Å². The highest BCUT2D eigenvalue weighted by Crippen LogP contribution is 2.38. The lowest BCUT2D eigenvalue weighted by Gasteiger charge is -2.21. The van der Waals surface area contributed by atoms with E-state index in [2.05, 4.69) is 5.43 Å². The van der Waals surface area contributed by atoms with E-state index in [1.807, 2.05) is 0 Å². The topological polar surface area (TPSA) is 63.2 Å². The summed E-state index contributed by atoms with van der Waals surface area (Å²) in [5.41, 5.74) is 5.41. The summed E-state index contributed by atoms with van der Waals surface area (Å²) in [6.07, 6.45) is 0. The summed E-state index contributed by atoms with van der Waals surface area (Å²) < 4.78 is -0.0745. The van der Waals surface area contributed by atoms with Crippen LogP contribution in [0.25, 0.3) is 0 Å². The molecule has 1 aliphatic heterocycles. The molecule has 0 aromatic heterocycles. The number of ketones is 2. The van der Waals surface area contributed by atoms with Crippen LogP contribution in [0.4, 0.5) is 5.69 Å². The molecule has 2 aromatic rings. The summed E-state index contributed by atoms with van der Waals surface area (Å²) in [5, 5.41) is 0. The van der Waals surface area contributed by atoms with Crippen molar-refractivity contribution in [2.45, 2.75) is 0 Å². The summed E-state index contributed by atoms with van der Waals surface area (Å²) in [4.78, 5) is 37.8. The van der Waals surface area contributed by atoms with Gasteiger partial charge in [0.2, 0.25) is 0 Å². The highest BCUT2D eigenvalue weighted by Gasteiger charge is 2.44. The predicted molar refractivity (Wildman–Crippen MR) is 79.8 cm³/mol. The lowest BCUT2D eigenvalue weighted by molar-refractivity contribution is -0.780. The largest absolute Gasteiger partial charge is 0.371 e. The number of nitrogens with one attached hydrogen (secondary N) is 1. The number of hydrogen-bond donors (Lipinski definition) is 1. The van der Waals surface area contributed by atoms with Crippen LogP contribution in [0.3, 0.4) is 0 Å². The SMILES string of the molecule is C[N+]1(C)Nc2c(ccc3c2C(=O)c2ccccc2C3=O)C1=O. The van der Waals surface area contributed by atoms with Crippen molar-refractivity contribution in [2.75, 3.05) is 19.5 Å². The van der Waals surface area contributed by atoms with Crippen LogP contribution in [-0.2, 0) is 0 Å². The van der Waals surface area contributed by atoms with Gasteiger partial charge >= 0.3 is 5.91 Å². The van der Waals surface area contributed by atoms with Crippen LogP contribution < -0.4 is 5.43 Å². The Morgan fingerprint density at radius 3 is 2.05 bits per heavy atom. The van der Waals surface area contributed by atoms with Gasteiger partial charge in [-0.25, -0.2) is 10.2 Å². The molecule has 5 nitrogen and oxygen atoms in total. The summed E-state index contributed by atoms with van der Waals surface area (Å²) in [5.74, 6) is -0.527. The van der Waals surface area contributed by atoms with Crippen LogP contribution in [-0.4, -0.2) is 36.2 Å². The van der Waals surface area contributed by atoms with Gasteiger partial charge in [-0.15, -0.1) is 0 Å². The van der Waals surface area contributed by atoms with Gasteiger partial charge in [-0.05, 0) is 12.1 Å². The maximum atomic E-state index is 12.8. The number of benzene rings is 2. The van der Waals surface area contributed by atoms with Crippen molar-refractivity contribution in [3.05, 3.63) is 64.2 Å². The average molecular weight is 293 g/mol. The summed E-state index contributed by atoms with van der Waals surface area (Å²) >= 11 is 0. The standard InChI is InChI=1S/C17H12N2O3/c1-19(2)17(22)12-8-7-11-13(14(12)18-19)16(21)10-6-4-3-5-9(10)15(11)20/h3-8H,1-2H3/p+1. The summed E-state index contributed by atoms with van der Waals surface area (Å²) in [7, 11) is 3.41. The van der Waals surface area contributed by atoms with Crippen LogP contribution in [0.1, 0.15) is 42.2 Å². The molecule has 0 radical (unpaired) electrons. The molecule has 0 atom stereocenters. The van der Waals surface area contributed by atoms with Crippen LogP contribution >= 0.6 is 0 Å². The van der Waals surface area contributed by atoms with Crippen molar-refractivity contribution in [2.24, 2.45) is 0 Å². The van der Waals surface area contributed by atoms with Crippen molar-refractivity contribution in [1.82, 2.24) is 0 Å². The van der Waals surface area contributed by atoms with Crippen molar-refractivity contribution in [1.29, 1.82) is 0 Å². The number of anilines is 1. The Morgan fingerprint density at radius 1 is 0.773 bits per heavy atom. The van der Waals surface area contributed by atoms with Gasteiger partial charge in [-0.1, -0.05) is 24.3 Å². The van der Waals surface area contributed by atoms with Gasteiger partial charge < -0.3 is 0 Å². The molecule has 108 valence electrons. The Labute approximate surface area is 126 Å². The van der Waals surface area contributed by atoms with Gasteiger partial charge in [-0.3, -0.25) is 9.59 Å². The van der Waals surface area contributed by atoms with E-state index in [1.165, 1.54) is 0 Å². The second-order valence-corrected chi connectivity index (χ2v) is 5.98. The molecule has 5 heteroatoms. The summed E-state index contributed by atoms with van der Waals surface area (Å²) in [6, 6.07) is 9.98. The van der Waals surface area contributed by atoms with E-state index in [-0.39, 0.29) is 22.1 Å². The molecule has 0 saturated carbocycles. The van der Waals surface area contributed by atoms with Crippen LogP contribution in [0.2, 0.25) is 0 Å². The van der Waals surface area contributed by atoms with E-state index < -0.39 is 0 Å². The number of quaternary nitrogens is 1. The van der Waals surface area contributed by atoms with Gasteiger partial charge in [0.25, 0.3) is 0 Å². The van der Waals surface area contributed by atoms with Gasteiger partial charge in [0.15, 0.2) is 11.6 Å². The van der Waals surface area contributed by atoms with E-state index in [9.17, 15) is 14.4 Å². The molecule has 2 aromatic carbocycles. The number of amides is 1. The average Bonchev–Trinajstić information content (AvgIpc) is 2.74. The third-order valence-corrected chi connectivity index (χ3v) is 4.22. The van der Waals surface area contributed by atoms with Gasteiger partial charge in [0.1, 0.15) is 11.3 Å². The third-order valence-electron chi connectivity index (χ3n) is 4.22. The lowest BCUT2D eigenvalue weighted by Crippen LogP contribution is -2.45.